The van der Waals surface area contributed by atoms with E-state index in [9.17, 15) is 13.2 Å². The fraction of sp³-hybridized carbons (Fsp3) is 0.222. The van der Waals surface area contributed by atoms with Gasteiger partial charge in [0.2, 0.25) is 0 Å². The van der Waals surface area contributed by atoms with Gasteiger partial charge in [-0.25, -0.2) is 4.98 Å². The maximum atomic E-state index is 12.4. The van der Waals surface area contributed by atoms with E-state index in [0.717, 1.165) is 12.1 Å². The standard InChI is InChI=1S/C9H5BrF3N2/c1-15-4-14-7-3-5(9(11,12)13)2-6(10)8(7)15/h2-3H,1H3. The summed E-state index contributed by atoms with van der Waals surface area (Å²) < 4.78 is 39.2. The molecule has 0 unspecified atom stereocenters. The van der Waals surface area contributed by atoms with E-state index in [2.05, 4.69) is 27.2 Å². The molecule has 0 N–H and O–H groups in total. The van der Waals surface area contributed by atoms with Gasteiger partial charge < -0.3 is 4.57 Å². The van der Waals surface area contributed by atoms with Crippen LogP contribution in [-0.4, -0.2) is 9.55 Å². The number of halogens is 4. The molecule has 0 spiro atoms. The lowest BCUT2D eigenvalue weighted by molar-refractivity contribution is -0.137. The zero-order chi connectivity index (χ0) is 11.2. The van der Waals surface area contributed by atoms with Crippen molar-refractivity contribution < 1.29 is 13.2 Å². The highest BCUT2D eigenvalue weighted by atomic mass is 79.9. The SMILES string of the molecule is Cn1[c]nc2cc(C(F)(F)F)cc(Br)c21. The molecule has 0 aliphatic rings. The maximum Gasteiger partial charge on any atom is 0.416 e. The number of alkyl halides is 3. The Morgan fingerprint density at radius 3 is 2.67 bits per heavy atom. The third kappa shape index (κ3) is 1.73. The van der Waals surface area contributed by atoms with Gasteiger partial charge in [0, 0.05) is 11.5 Å². The monoisotopic (exact) mass is 277 g/mol. The minimum atomic E-state index is -4.35. The number of aryl methyl sites for hydroxylation is 1. The molecule has 0 aliphatic heterocycles. The van der Waals surface area contributed by atoms with Crippen LogP contribution < -0.4 is 0 Å². The van der Waals surface area contributed by atoms with Gasteiger partial charge in [0.05, 0.1) is 16.6 Å². The van der Waals surface area contributed by atoms with Gasteiger partial charge >= 0.3 is 6.18 Å². The first-order valence-corrected chi connectivity index (χ1v) is 4.80. The highest BCUT2D eigenvalue weighted by molar-refractivity contribution is 9.10. The van der Waals surface area contributed by atoms with E-state index in [1.165, 1.54) is 0 Å². The van der Waals surface area contributed by atoms with Crippen LogP contribution in [-0.2, 0) is 13.2 Å². The Hall–Kier alpha value is -1.04. The predicted molar refractivity (Wildman–Crippen MR) is 52.3 cm³/mol. The zero-order valence-corrected chi connectivity index (χ0v) is 9.15. The van der Waals surface area contributed by atoms with E-state index in [-0.39, 0.29) is 5.52 Å². The van der Waals surface area contributed by atoms with Gasteiger partial charge in [-0.3, -0.25) is 0 Å². The molecule has 0 aliphatic carbocycles. The molecule has 1 radical (unpaired) electrons. The topological polar surface area (TPSA) is 17.8 Å². The summed E-state index contributed by atoms with van der Waals surface area (Å²) in [6.07, 6.45) is -1.79. The van der Waals surface area contributed by atoms with E-state index >= 15 is 0 Å². The third-order valence-electron chi connectivity index (χ3n) is 2.03. The van der Waals surface area contributed by atoms with Gasteiger partial charge in [0.1, 0.15) is 0 Å². The van der Waals surface area contributed by atoms with Crippen molar-refractivity contribution in [2.24, 2.45) is 7.05 Å². The fourth-order valence-corrected chi connectivity index (χ4v) is 2.06. The Kier molecular flexibility index (Phi) is 2.26. The molecule has 2 aromatic rings. The second kappa shape index (κ2) is 3.23. The molecular formula is C9H5BrF3N2. The van der Waals surface area contributed by atoms with E-state index < -0.39 is 11.7 Å². The van der Waals surface area contributed by atoms with Gasteiger partial charge in [-0.15, -0.1) is 0 Å². The Morgan fingerprint density at radius 1 is 1.40 bits per heavy atom. The average Bonchev–Trinajstić information content (AvgIpc) is 2.46. The van der Waals surface area contributed by atoms with Crippen LogP contribution in [0.3, 0.4) is 0 Å². The molecule has 0 atom stereocenters. The van der Waals surface area contributed by atoms with Crippen molar-refractivity contribution >= 4 is 27.0 Å². The molecule has 6 heteroatoms. The van der Waals surface area contributed by atoms with Crippen molar-refractivity contribution in [3.05, 3.63) is 28.5 Å². The van der Waals surface area contributed by atoms with Crippen LogP contribution in [0.25, 0.3) is 11.0 Å². The van der Waals surface area contributed by atoms with Gasteiger partial charge in [-0.2, -0.15) is 13.2 Å². The number of nitrogens with zero attached hydrogens (tertiary/aromatic N) is 2. The molecule has 2 nitrogen and oxygen atoms in total. The normalized spacial score (nSPS) is 12.3. The van der Waals surface area contributed by atoms with E-state index in [1.54, 1.807) is 11.6 Å². The molecule has 2 rings (SSSR count). The van der Waals surface area contributed by atoms with Crippen LogP contribution >= 0.6 is 15.9 Å². The number of hydrogen-bond donors (Lipinski definition) is 0. The van der Waals surface area contributed by atoms with Crippen LogP contribution in [0.15, 0.2) is 16.6 Å². The summed E-state index contributed by atoms with van der Waals surface area (Å²) in [7, 11) is 1.67. The number of rotatable bonds is 0. The number of imidazole rings is 1. The van der Waals surface area contributed by atoms with Crippen LogP contribution in [0.5, 0.6) is 0 Å². The molecule has 0 saturated heterocycles. The number of fused-ring (bicyclic) bond motifs is 1. The summed E-state index contributed by atoms with van der Waals surface area (Å²) in [4.78, 5) is 3.76. The average molecular weight is 278 g/mol. The maximum absolute atomic E-state index is 12.4. The van der Waals surface area contributed by atoms with Crippen LogP contribution in [0.1, 0.15) is 5.56 Å². The predicted octanol–water partition coefficient (Wildman–Crippen LogP) is 3.15. The summed E-state index contributed by atoms with van der Waals surface area (Å²) in [6, 6.07) is 2.05. The molecule has 0 amide bonds. The molecule has 0 saturated carbocycles. The Labute approximate surface area is 91.8 Å². The minimum absolute atomic E-state index is 0.277. The van der Waals surface area contributed by atoms with E-state index in [1.807, 2.05) is 0 Å². The Morgan fingerprint density at radius 2 is 2.07 bits per heavy atom. The van der Waals surface area contributed by atoms with Crippen molar-refractivity contribution in [1.82, 2.24) is 9.55 Å². The third-order valence-corrected chi connectivity index (χ3v) is 2.63. The first-order chi connectivity index (χ1) is 6.89. The summed E-state index contributed by atoms with van der Waals surface area (Å²) in [5, 5.41) is 0. The molecule has 0 fully saturated rings. The molecule has 79 valence electrons. The highest BCUT2D eigenvalue weighted by Crippen LogP contribution is 2.34. The van der Waals surface area contributed by atoms with Crippen LogP contribution in [0.4, 0.5) is 13.2 Å². The molecule has 0 bridgehead atoms. The van der Waals surface area contributed by atoms with Crippen LogP contribution in [0.2, 0.25) is 0 Å². The largest absolute Gasteiger partial charge is 0.416 e. The first kappa shape index (κ1) is 10.5. The lowest BCUT2D eigenvalue weighted by Crippen LogP contribution is -2.04. The first-order valence-electron chi connectivity index (χ1n) is 4.00. The minimum Gasteiger partial charge on any atom is -0.324 e. The van der Waals surface area contributed by atoms with Crippen molar-refractivity contribution in [1.29, 1.82) is 0 Å². The molecule has 1 heterocycles. The smallest absolute Gasteiger partial charge is 0.324 e. The van der Waals surface area contributed by atoms with E-state index in [4.69, 9.17) is 0 Å². The molecule has 1 aromatic heterocycles. The van der Waals surface area contributed by atoms with Gasteiger partial charge in [-0.05, 0) is 28.1 Å². The highest BCUT2D eigenvalue weighted by Gasteiger charge is 2.31. The van der Waals surface area contributed by atoms with Crippen molar-refractivity contribution in [3.8, 4) is 0 Å². The van der Waals surface area contributed by atoms with Crippen molar-refractivity contribution in [2.45, 2.75) is 6.18 Å². The summed E-state index contributed by atoms with van der Waals surface area (Å²) in [5.74, 6) is 0. The molecule has 15 heavy (non-hydrogen) atoms. The lowest BCUT2D eigenvalue weighted by atomic mass is 10.2. The van der Waals surface area contributed by atoms with Crippen LogP contribution in [0, 0.1) is 6.33 Å². The second-order valence-electron chi connectivity index (χ2n) is 3.09. The molecule has 1 aromatic carbocycles. The Bertz CT molecular complexity index is 516. The summed E-state index contributed by atoms with van der Waals surface area (Å²) in [6.45, 7) is 0. The lowest BCUT2D eigenvalue weighted by Gasteiger charge is -2.07. The van der Waals surface area contributed by atoms with E-state index in [0.29, 0.717) is 9.99 Å². The quantitative estimate of drug-likeness (QED) is 0.723. The summed E-state index contributed by atoms with van der Waals surface area (Å²) in [5.41, 5.74) is 0.163. The Balaban J connectivity index is 2.74. The van der Waals surface area contributed by atoms with Gasteiger partial charge in [0.15, 0.2) is 6.33 Å². The van der Waals surface area contributed by atoms with Gasteiger partial charge in [0.25, 0.3) is 0 Å². The molecular weight excluding hydrogens is 273 g/mol. The van der Waals surface area contributed by atoms with Gasteiger partial charge in [-0.1, -0.05) is 0 Å². The van der Waals surface area contributed by atoms with Crippen molar-refractivity contribution in [2.75, 3.05) is 0 Å². The number of benzene rings is 1. The zero-order valence-electron chi connectivity index (χ0n) is 7.56. The number of aromatic nitrogens is 2. The number of hydrogen-bond acceptors (Lipinski definition) is 1. The second-order valence-corrected chi connectivity index (χ2v) is 3.95. The van der Waals surface area contributed by atoms with Crippen molar-refractivity contribution in [3.63, 3.8) is 0 Å². The summed E-state index contributed by atoms with van der Waals surface area (Å²) >= 11 is 3.09. The fourth-order valence-electron chi connectivity index (χ4n) is 1.34.